The maximum Gasteiger partial charge on any atom is 0.417 e. The molecule has 3 rings (SSSR count). The average Bonchev–Trinajstić information content (AvgIpc) is 2.63. The van der Waals surface area contributed by atoms with Gasteiger partial charge in [0.2, 0.25) is 5.91 Å². The van der Waals surface area contributed by atoms with E-state index in [1.165, 1.54) is 11.6 Å². The predicted molar refractivity (Wildman–Crippen MR) is 105 cm³/mol. The Kier molecular flexibility index (Phi) is 6.15. The summed E-state index contributed by atoms with van der Waals surface area (Å²) in [6.45, 7) is 5.16. The first-order valence-electron chi connectivity index (χ1n) is 8.93. The first kappa shape index (κ1) is 20.5. The molecule has 4 nitrogen and oxygen atoms in total. The number of hydrogen-bond donors (Lipinski definition) is 1. The van der Waals surface area contributed by atoms with E-state index in [4.69, 9.17) is 11.6 Å². The average molecular weight is 412 g/mol. The SMILES string of the molecule is Cc1cccc(N2CCN(CC(=O)Nc3ccc(Cl)c(C(F)(F)F)c3)CC2)c1. The topological polar surface area (TPSA) is 35.6 Å². The fraction of sp³-hybridized carbons (Fsp3) is 0.350. The number of anilines is 2. The molecule has 1 aliphatic rings. The first-order chi connectivity index (χ1) is 13.2. The van der Waals surface area contributed by atoms with Gasteiger partial charge in [-0.05, 0) is 42.8 Å². The Morgan fingerprint density at radius 1 is 1.11 bits per heavy atom. The predicted octanol–water partition coefficient (Wildman–Crippen LogP) is 4.43. The Hall–Kier alpha value is -2.25. The minimum Gasteiger partial charge on any atom is -0.369 e. The molecule has 0 radical (unpaired) electrons. The van der Waals surface area contributed by atoms with Gasteiger partial charge >= 0.3 is 6.18 Å². The lowest BCUT2D eigenvalue weighted by molar-refractivity contribution is -0.137. The molecule has 8 heteroatoms. The van der Waals surface area contributed by atoms with Crippen LogP contribution in [-0.4, -0.2) is 43.5 Å². The summed E-state index contributed by atoms with van der Waals surface area (Å²) in [5.41, 5.74) is 1.48. The van der Waals surface area contributed by atoms with Gasteiger partial charge in [0.1, 0.15) is 0 Å². The molecule has 2 aromatic carbocycles. The van der Waals surface area contributed by atoms with Gasteiger partial charge in [0, 0.05) is 37.6 Å². The molecular formula is C20H21ClF3N3O. The van der Waals surface area contributed by atoms with Crippen molar-refractivity contribution in [1.29, 1.82) is 0 Å². The number of alkyl halides is 3. The minimum atomic E-state index is -4.57. The number of amides is 1. The molecule has 1 fully saturated rings. The van der Waals surface area contributed by atoms with Crippen LogP contribution in [0.15, 0.2) is 42.5 Å². The molecule has 0 unspecified atom stereocenters. The summed E-state index contributed by atoms with van der Waals surface area (Å²) in [7, 11) is 0. The number of piperazine rings is 1. The summed E-state index contributed by atoms with van der Waals surface area (Å²) in [6, 6.07) is 11.6. The van der Waals surface area contributed by atoms with Crippen LogP contribution in [0.2, 0.25) is 5.02 Å². The van der Waals surface area contributed by atoms with E-state index in [2.05, 4.69) is 22.3 Å². The van der Waals surface area contributed by atoms with Crippen molar-refractivity contribution in [2.75, 3.05) is 42.9 Å². The third-order valence-electron chi connectivity index (χ3n) is 4.66. The number of carbonyl (C=O) groups excluding carboxylic acids is 1. The second-order valence-corrected chi connectivity index (χ2v) is 7.25. The van der Waals surface area contributed by atoms with Crippen LogP contribution >= 0.6 is 11.6 Å². The molecule has 1 saturated heterocycles. The normalized spacial score (nSPS) is 15.5. The third kappa shape index (κ3) is 5.17. The molecule has 0 bridgehead atoms. The van der Waals surface area contributed by atoms with Crippen LogP contribution in [-0.2, 0) is 11.0 Å². The van der Waals surface area contributed by atoms with Gasteiger partial charge in [-0.15, -0.1) is 0 Å². The van der Waals surface area contributed by atoms with Crippen molar-refractivity contribution in [2.45, 2.75) is 13.1 Å². The molecule has 1 heterocycles. The number of hydrogen-bond acceptors (Lipinski definition) is 3. The highest BCUT2D eigenvalue weighted by atomic mass is 35.5. The molecule has 0 aromatic heterocycles. The fourth-order valence-electron chi connectivity index (χ4n) is 3.21. The zero-order valence-corrected chi connectivity index (χ0v) is 16.1. The van der Waals surface area contributed by atoms with E-state index >= 15 is 0 Å². The summed E-state index contributed by atoms with van der Waals surface area (Å²) in [5, 5.41) is 2.14. The number of halogens is 4. The van der Waals surface area contributed by atoms with Crippen LogP contribution in [0.3, 0.4) is 0 Å². The van der Waals surface area contributed by atoms with E-state index in [0.29, 0.717) is 13.1 Å². The lowest BCUT2D eigenvalue weighted by atomic mass is 10.2. The molecular weight excluding hydrogens is 391 g/mol. The van der Waals surface area contributed by atoms with Gasteiger partial charge in [-0.2, -0.15) is 13.2 Å². The minimum absolute atomic E-state index is 0.0834. The molecule has 1 aliphatic heterocycles. The molecule has 0 aliphatic carbocycles. The lowest BCUT2D eigenvalue weighted by Gasteiger charge is -2.35. The summed E-state index contributed by atoms with van der Waals surface area (Å²) >= 11 is 5.60. The van der Waals surface area contributed by atoms with Crippen molar-refractivity contribution >= 4 is 28.9 Å². The third-order valence-corrected chi connectivity index (χ3v) is 4.99. The van der Waals surface area contributed by atoms with Crippen LogP contribution in [0.25, 0.3) is 0 Å². The first-order valence-corrected chi connectivity index (χ1v) is 9.31. The summed E-state index contributed by atoms with van der Waals surface area (Å²) in [5.74, 6) is -0.348. The van der Waals surface area contributed by atoms with E-state index in [-0.39, 0.29) is 18.1 Å². The molecule has 2 aromatic rings. The highest BCUT2D eigenvalue weighted by Gasteiger charge is 2.33. The van der Waals surface area contributed by atoms with Crippen LogP contribution in [0.1, 0.15) is 11.1 Å². The lowest BCUT2D eigenvalue weighted by Crippen LogP contribution is -2.48. The van der Waals surface area contributed by atoms with Gasteiger partial charge in [-0.25, -0.2) is 0 Å². The molecule has 28 heavy (non-hydrogen) atoms. The Morgan fingerprint density at radius 2 is 1.82 bits per heavy atom. The van der Waals surface area contributed by atoms with Crippen molar-refractivity contribution in [3.8, 4) is 0 Å². The Morgan fingerprint density at radius 3 is 2.46 bits per heavy atom. The number of carbonyl (C=O) groups is 1. The van der Waals surface area contributed by atoms with Crippen LogP contribution < -0.4 is 10.2 Å². The zero-order valence-electron chi connectivity index (χ0n) is 15.4. The number of nitrogens with one attached hydrogen (secondary N) is 1. The van der Waals surface area contributed by atoms with Gasteiger partial charge < -0.3 is 10.2 Å². The van der Waals surface area contributed by atoms with E-state index in [0.717, 1.165) is 30.9 Å². The Bertz CT molecular complexity index is 849. The van der Waals surface area contributed by atoms with Crippen molar-refractivity contribution in [3.63, 3.8) is 0 Å². The summed E-state index contributed by atoms with van der Waals surface area (Å²) < 4.78 is 38.8. The van der Waals surface area contributed by atoms with Crippen LogP contribution in [0, 0.1) is 6.92 Å². The second-order valence-electron chi connectivity index (χ2n) is 6.84. The zero-order chi connectivity index (χ0) is 20.3. The number of rotatable bonds is 4. The Labute approximate surface area is 166 Å². The van der Waals surface area contributed by atoms with E-state index in [9.17, 15) is 18.0 Å². The molecule has 0 saturated carbocycles. The van der Waals surface area contributed by atoms with Gasteiger partial charge in [-0.1, -0.05) is 23.7 Å². The van der Waals surface area contributed by atoms with Crippen molar-refractivity contribution in [2.24, 2.45) is 0 Å². The number of benzene rings is 2. The highest BCUT2D eigenvalue weighted by molar-refractivity contribution is 6.31. The molecule has 1 amide bonds. The summed E-state index contributed by atoms with van der Waals surface area (Å²) in [4.78, 5) is 16.5. The van der Waals surface area contributed by atoms with Crippen molar-refractivity contribution in [1.82, 2.24) is 4.90 Å². The largest absolute Gasteiger partial charge is 0.417 e. The number of nitrogens with zero attached hydrogens (tertiary/aromatic N) is 2. The molecule has 1 N–H and O–H groups in total. The van der Waals surface area contributed by atoms with Gasteiger partial charge in [0.25, 0.3) is 0 Å². The maximum absolute atomic E-state index is 12.9. The van der Waals surface area contributed by atoms with Crippen molar-refractivity contribution in [3.05, 3.63) is 58.6 Å². The Balaban J connectivity index is 1.54. The van der Waals surface area contributed by atoms with Gasteiger partial charge in [0.05, 0.1) is 17.1 Å². The molecule has 0 atom stereocenters. The number of aryl methyl sites for hydroxylation is 1. The van der Waals surface area contributed by atoms with E-state index in [1.807, 2.05) is 24.0 Å². The van der Waals surface area contributed by atoms with Crippen LogP contribution in [0.4, 0.5) is 24.5 Å². The maximum atomic E-state index is 12.9. The second kappa shape index (κ2) is 8.41. The fourth-order valence-corrected chi connectivity index (χ4v) is 3.44. The van der Waals surface area contributed by atoms with E-state index < -0.39 is 16.8 Å². The monoisotopic (exact) mass is 411 g/mol. The quantitative estimate of drug-likeness (QED) is 0.808. The van der Waals surface area contributed by atoms with Gasteiger partial charge in [0.15, 0.2) is 0 Å². The van der Waals surface area contributed by atoms with Crippen molar-refractivity contribution < 1.29 is 18.0 Å². The van der Waals surface area contributed by atoms with E-state index in [1.54, 1.807) is 0 Å². The highest BCUT2D eigenvalue weighted by Crippen LogP contribution is 2.36. The standard InChI is InChI=1S/C20H21ClF3N3O/c1-14-3-2-4-16(11-14)27-9-7-26(8-10-27)13-19(28)25-15-5-6-18(21)17(12-15)20(22,23)24/h2-6,11-12H,7-10,13H2,1H3,(H,25,28). The smallest absolute Gasteiger partial charge is 0.369 e. The molecule has 150 valence electrons. The van der Waals surface area contributed by atoms with Crippen LogP contribution in [0.5, 0.6) is 0 Å². The summed E-state index contributed by atoms with van der Waals surface area (Å²) in [6.07, 6.45) is -4.57. The van der Waals surface area contributed by atoms with Gasteiger partial charge in [-0.3, -0.25) is 9.69 Å². The molecule has 0 spiro atoms.